The third-order valence-electron chi connectivity index (χ3n) is 9.22. The molecule has 3 aliphatic carbocycles. The van der Waals surface area contributed by atoms with Gasteiger partial charge in [-0.25, -0.2) is 0 Å². The van der Waals surface area contributed by atoms with Crippen molar-refractivity contribution in [2.75, 3.05) is 0 Å². The first kappa shape index (κ1) is 22.7. The van der Waals surface area contributed by atoms with Gasteiger partial charge in [0.1, 0.15) is 0 Å². The molecule has 0 nitrogen and oxygen atoms in total. The second-order valence-electron chi connectivity index (χ2n) is 11.3. The molecule has 3 saturated carbocycles. The Hall–Kier alpha value is 0. The van der Waals surface area contributed by atoms with Gasteiger partial charge >= 0.3 is 0 Å². The van der Waals surface area contributed by atoms with E-state index in [1.165, 1.54) is 44.9 Å². The Morgan fingerprint density at radius 1 is 0.536 bits per heavy atom. The van der Waals surface area contributed by atoms with Crippen molar-refractivity contribution in [2.45, 2.75) is 142 Å². The molecule has 0 spiro atoms. The highest BCUT2D eigenvalue weighted by Crippen LogP contribution is 2.42. The van der Waals surface area contributed by atoms with Gasteiger partial charge in [0, 0.05) is 0 Å². The fourth-order valence-electron chi connectivity index (χ4n) is 7.40. The molecule has 3 rings (SSSR count). The lowest BCUT2D eigenvalue weighted by Crippen LogP contribution is -2.25. The van der Waals surface area contributed by atoms with Crippen LogP contribution in [-0.2, 0) is 0 Å². The van der Waals surface area contributed by atoms with Gasteiger partial charge in [-0.05, 0) is 54.8 Å². The molecule has 0 N–H and O–H groups in total. The second kappa shape index (κ2) is 12.6. The van der Waals surface area contributed by atoms with Gasteiger partial charge in [-0.15, -0.1) is 0 Å². The Balaban J connectivity index is 1.33. The van der Waals surface area contributed by atoms with Crippen molar-refractivity contribution in [3.05, 3.63) is 0 Å². The molecule has 0 aromatic carbocycles. The Kier molecular flexibility index (Phi) is 10.2. The van der Waals surface area contributed by atoms with Crippen LogP contribution in [0.4, 0.5) is 0 Å². The molecule has 1 atom stereocenters. The summed E-state index contributed by atoms with van der Waals surface area (Å²) in [5, 5.41) is 0. The predicted molar refractivity (Wildman–Crippen MR) is 125 cm³/mol. The maximum absolute atomic E-state index is 2.43. The predicted octanol–water partition coefficient (Wildman–Crippen LogP) is 9.57. The summed E-state index contributed by atoms with van der Waals surface area (Å²) in [5.41, 5.74) is 0. The standard InChI is InChI=1S/C28H52/c1-3-8-23-12-14-24(15-13-23)16-17-25-18-20-27(21-19-25)28(9-4-2)22-26-10-6-5-7-11-26/h23-28H,3-22H2,1-2H3/t23-,24-,25-,27-,28?. The highest BCUT2D eigenvalue weighted by Gasteiger charge is 2.30. The zero-order valence-corrected chi connectivity index (χ0v) is 19.6. The summed E-state index contributed by atoms with van der Waals surface area (Å²) in [6.07, 6.45) is 30.7. The van der Waals surface area contributed by atoms with Crippen LogP contribution in [0.3, 0.4) is 0 Å². The van der Waals surface area contributed by atoms with Crippen molar-refractivity contribution < 1.29 is 0 Å². The highest BCUT2D eigenvalue weighted by molar-refractivity contribution is 4.81. The van der Waals surface area contributed by atoms with Gasteiger partial charge in [-0.1, -0.05) is 123 Å². The van der Waals surface area contributed by atoms with Crippen LogP contribution in [0.1, 0.15) is 142 Å². The van der Waals surface area contributed by atoms with Gasteiger partial charge in [-0.2, -0.15) is 0 Å². The molecule has 3 fully saturated rings. The van der Waals surface area contributed by atoms with Crippen molar-refractivity contribution in [2.24, 2.45) is 35.5 Å². The zero-order valence-electron chi connectivity index (χ0n) is 19.6. The lowest BCUT2D eigenvalue weighted by molar-refractivity contribution is 0.147. The monoisotopic (exact) mass is 388 g/mol. The van der Waals surface area contributed by atoms with Crippen molar-refractivity contribution in [3.8, 4) is 0 Å². The van der Waals surface area contributed by atoms with E-state index in [1.807, 2.05) is 0 Å². The van der Waals surface area contributed by atoms with Crippen LogP contribution in [-0.4, -0.2) is 0 Å². The van der Waals surface area contributed by atoms with E-state index in [2.05, 4.69) is 13.8 Å². The average molecular weight is 389 g/mol. The Labute approximate surface area is 178 Å². The molecule has 0 heteroatoms. The molecule has 0 aliphatic heterocycles. The molecule has 0 aromatic heterocycles. The summed E-state index contributed by atoms with van der Waals surface area (Å²) in [6.45, 7) is 4.79. The summed E-state index contributed by atoms with van der Waals surface area (Å²) in [5.74, 6) is 6.50. The highest BCUT2D eigenvalue weighted by atomic mass is 14.4. The van der Waals surface area contributed by atoms with Crippen LogP contribution in [0.5, 0.6) is 0 Å². The van der Waals surface area contributed by atoms with E-state index in [4.69, 9.17) is 0 Å². The van der Waals surface area contributed by atoms with Crippen molar-refractivity contribution >= 4 is 0 Å². The number of hydrogen-bond acceptors (Lipinski definition) is 0. The quantitative estimate of drug-likeness (QED) is 0.349. The molecule has 0 bridgehead atoms. The lowest BCUT2D eigenvalue weighted by Gasteiger charge is -2.37. The first-order valence-corrected chi connectivity index (χ1v) is 13.8. The maximum Gasteiger partial charge on any atom is -0.0383 e. The molecule has 28 heavy (non-hydrogen) atoms. The minimum absolute atomic E-state index is 1.07. The SMILES string of the molecule is CCCC(CC1CCCCC1)[C@H]1CC[C@H](CC[C@H]2CC[C@H](CCC)CC2)CC1. The number of hydrogen-bond donors (Lipinski definition) is 0. The molecule has 0 heterocycles. The molecule has 0 radical (unpaired) electrons. The van der Waals surface area contributed by atoms with E-state index >= 15 is 0 Å². The lowest BCUT2D eigenvalue weighted by atomic mass is 9.69. The Morgan fingerprint density at radius 2 is 1.07 bits per heavy atom. The van der Waals surface area contributed by atoms with Crippen LogP contribution in [0.25, 0.3) is 0 Å². The van der Waals surface area contributed by atoms with E-state index < -0.39 is 0 Å². The topological polar surface area (TPSA) is 0 Å². The molecule has 0 saturated heterocycles. The molecule has 0 aromatic rings. The summed E-state index contributed by atoms with van der Waals surface area (Å²) in [4.78, 5) is 0. The minimum Gasteiger partial charge on any atom is -0.0654 e. The molecule has 1 unspecified atom stereocenters. The first-order valence-electron chi connectivity index (χ1n) is 13.8. The Morgan fingerprint density at radius 3 is 1.61 bits per heavy atom. The summed E-state index contributed by atoms with van der Waals surface area (Å²) in [7, 11) is 0. The average Bonchev–Trinajstić information content (AvgIpc) is 2.74. The van der Waals surface area contributed by atoms with E-state index in [0.29, 0.717) is 0 Å². The normalized spacial score (nSPS) is 33.6. The fraction of sp³-hybridized carbons (Fsp3) is 1.00. The largest absolute Gasteiger partial charge is 0.0654 e. The van der Waals surface area contributed by atoms with Gasteiger partial charge in [0.15, 0.2) is 0 Å². The van der Waals surface area contributed by atoms with Crippen LogP contribution >= 0.6 is 0 Å². The molecule has 164 valence electrons. The van der Waals surface area contributed by atoms with Gasteiger partial charge in [0.05, 0.1) is 0 Å². The fourth-order valence-corrected chi connectivity index (χ4v) is 7.40. The van der Waals surface area contributed by atoms with E-state index in [-0.39, 0.29) is 0 Å². The molecule has 0 amide bonds. The van der Waals surface area contributed by atoms with Crippen LogP contribution in [0.2, 0.25) is 0 Å². The summed E-state index contributed by atoms with van der Waals surface area (Å²) in [6, 6.07) is 0. The first-order chi connectivity index (χ1) is 13.8. The third kappa shape index (κ3) is 7.36. The maximum atomic E-state index is 2.43. The summed E-state index contributed by atoms with van der Waals surface area (Å²) < 4.78 is 0. The van der Waals surface area contributed by atoms with Crippen molar-refractivity contribution in [1.82, 2.24) is 0 Å². The van der Waals surface area contributed by atoms with E-state index in [9.17, 15) is 0 Å². The van der Waals surface area contributed by atoms with Crippen LogP contribution < -0.4 is 0 Å². The second-order valence-corrected chi connectivity index (χ2v) is 11.3. The zero-order chi connectivity index (χ0) is 19.6. The summed E-state index contributed by atoms with van der Waals surface area (Å²) >= 11 is 0. The molecular weight excluding hydrogens is 336 g/mol. The van der Waals surface area contributed by atoms with Gasteiger partial charge in [-0.3, -0.25) is 0 Å². The molecule has 3 aliphatic rings. The van der Waals surface area contributed by atoms with E-state index in [1.54, 1.807) is 83.5 Å². The van der Waals surface area contributed by atoms with Crippen LogP contribution in [0, 0.1) is 35.5 Å². The van der Waals surface area contributed by atoms with Gasteiger partial charge < -0.3 is 0 Å². The number of rotatable bonds is 10. The minimum atomic E-state index is 1.07. The van der Waals surface area contributed by atoms with E-state index in [0.717, 1.165) is 35.5 Å². The smallest absolute Gasteiger partial charge is 0.0383 e. The Bertz CT molecular complexity index is 377. The van der Waals surface area contributed by atoms with Gasteiger partial charge in [0.25, 0.3) is 0 Å². The van der Waals surface area contributed by atoms with Gasteiger partial charge in [0.2, 0.25) is 0 Å². The molecular formula is C28H52. The third-order valence-corrected chi connectivity index (χ3v) is 9.22. The van der Waals surface area contributed by atoms with Crippen LogP contribution in [0.15, 0.2) is 0 Å². The van der Waals surface area contributed by atoms with Crippen molar-refractivity contribution in [1.29, 1.82) is 0 Å². The van der Waals surface area contributed by atoms with Crippen molar-refractivity contribution in [3.63, 3.8) is 0 Å².